The van der Waals surface area contributed by atoms with Crippen molar-refractivity contribution in [2.24, 2.45) is 5.10 Å². The van der Waals surface area contributed by atoms with Gasteiger partial charge in [0, 0.05) is 19.8 Å². The van der Waals surface area contributed by atoms with E-state index in [1.807, 2.05) is 50.2 Å². The Kier molecular flexibility index (Phi) is 7.67. The Balaban J connectivity index is 1.94. The molecule has 27 heavy (non-hydrogen) atoms. The van der Waals surface area contributed by atoms with Gasteiger partial charge < -0.3 is 14.4 Å². The number of carbonyl (C=O) groups excluding carboxylic acids is 1. The Morgan fingerprint density at radius 1 is 1.11 bits per heavy atom. The molecule has 1 amide bonds. The van der Waals surface area contributed by atoms with Gasteiger partial charge in [0.05, 0.1) is 13.3 Å². The van der Waals surface area contributed by atoms with Gasteiger partial charge in [-0.2, -0.15) is 5.10 Å². The number of ether oxygens (including phenoxy) is 2. The SMILES string of the molecule is CCC[C@H](Oc1ccc(OC)cc1)C(=O)N/N=C\c1ccc(N(C)C)cc1. The van der Waals surface area contributed by atoms with Crippen LogP contribution in [0.3, 0.4) is 0 Å². The summed E-state index contributed by atoms with van der Waals surface area (Å²) in [5.41, 5.74) is 4.58. The number of amides is 1. The Morgan fingerprint density at radius 3 is 2.30 bits per heavy atom. The van der Waals surface area contributed by atoms with Crippen molar-refractivity contribution < 1.29 is 14.3 Å². The molecule has 2 aromatic rings. The summed E-state index contributed by atoms with van der Waals surface area (Å²) in [7, 11) is 5.58. The molecule has 6 heteroatoms. The molecule has 1 atom stereocenters. The normalized spacial score (nSPS) is 11.9. The average Bonchev–Trinajstić information content (AvgIpc) is 2.68. The van der Waals surface area contributed by atoms with Crippen molar-refractivity contribution in [3.8, 4) is 11.5 Å². The molecule has 0 aliphatic carbocycles. The van der Waals surface area contributed by atoms with Crippen molar-refractivity contribution in [3.05, 3.63) is 54.1 Å². The largest absolute Gasteiger partial charge is 0.497 e. The zero-order valence-electron chi connectivity index (χ0n) is 16.3. The predicted octanol–water partition coefficient (Wildman–Crippen LogP) is 3.46. The first-order chi connectivity index (χ1) is 13.0. The van der Waals surface area contributed by atoms with E-state index < -0.39 is 6.10 Å². The van der Waals surface area contributed by atoms with Gasteiger partial charge in [-0.05, 0) is 48.4 Å². The minimum atomic E-state index is -0.600. The minimum absolute atomic E-state index is 0.270. The molecule has 0 spiro atoms. The number of hydrazone groups is 1. The van der Waals surface area contributed by atoms with Crippen molar-refractivity contribution in [3.63, 3.8) is 0 Å². The fourth-order valence-corrected chi connectivity index (χ4v) is 2.43. The zero-order valence-corrected chi connectivity index (χ0v) is 16.3. The van der Waals surface area contributed by atoms with Crippen LogP contribution in [0.4, 0.5) is 5.69 Å². The smallest absolute Gasteiger partial charge is 0.281 e. The molecule has 0 aliphatic heterocycles. The van der Waals surface area contributed by atoms with Gasteiger partial charge in [0.2, 0.25) is 0 Å². The minimum Gasteiger partial charge on any atom is -0.497 e. The summed E-state index contributed by atoms with van der Waals surface area (Å²) in [6.45, 7) is 2.01. The van der Waals surface area contributed by atoms with Crippen LogP contribution >= 0.6 is 0 Å². The molecule has 0 saturated carbocycles. The fourth-order valence-electron chi connectivity index (χ4n) is 2.43. The number of hydrogen-bond acceptors (Lipinski definition) is 5. The highest BCUT2D eigenvalue weighted by atomic mass is 16.5. The maximum absolute atomic E-state index is 12.4. The molecule has 0 fully saturated rings. The predicted molar refractivity (Wildman–Crippen MR) is 109 cm³/mol. The molecular weight excluding hydrogens is 342 g/mol. The van der Waals surface area contributed by atoms with Crippen molar-refractivity contribution in [2.45, 2.75) is 25.9 Å². The summed E-state index contributed by atoms with van der Waals surface area (Å²) in [4.78, 5) is 14.4. The maximum atomic E-state index is 12.4. The van der Waals surface area contributed by atoms with Crippen molar-refractivity contribution in [1.82, 2.24) is 5.43 Å². The molecule has 0 heterocycles. The fraction of sp³-hybridized carbons (Fsp3) is 0.333. The number of carbonyl (C=O) groups is 1. The molecule has 0 aliphatic rings. The number of benzene rings is 2. The highest BCUT2D eigenvalue weighted by Gasteiger charge is 2.19. The lowest BCUT2D eigenvalue weighted by atomic mass is 10.2. The van der Waals surface area contributed by atoms with Crippen LogP contribution in [0, 0.1) is 0 Å². The van der Waals surface area contributed by atoms with Gasteiger partial charge >= 0.3 is 0 Å². The maximum Gasteiger partial charge on any atom is 0.281 e. The number of nitrogens with zero attached hydrogens (tertiary/aromatic N) is 2. The van der Waals surface area contributed by atoms with E-state index in [9.17, 15) is 4.79 Å². The van der Waals surface area contributed by atoms with E-state index in [0.717, 1.165) is 23.4 Å². The van der Waals surface area contributed by atoms with Gasteiger partial charge in [-0.1, -0.05) is 25.5 Å². The molecule has 2 aromatic carbocycles. The standard InChI is InChI=1S/C21H27N3O3/c1-5-6-20(27-19-13-11-18(26-4)12-14-19)21(25)23-22-15-16-7-9-17(10-8-16)24(2)3/h7-15,20H,5-6H2,1-4H3,(H,23,25)/b22-15-/t20-/m0/s1. The quantitative estimate of drug-likeness (QED) is 0.543. The Morgan fingerprint density at radius 2 is 1.74 bits per heavy atom. The van der Waals surface area contributed by atoms with Crippen LogP contribution in [0.25, 0.3) is 0 Å². The second kappa shape index (κ2) is 10.2. The summed E-state index contributed by atoms with van der Waals surface area (Å²) >= 11 is 0. The van der Waals surface area contributed by atoms with Crippen LogP contribution in [0.5, 0.6) is 11.5 Å². The van der Waals surface area contributed by atoms with Crippen LogP contribution in [0.15, 0.2) is 53.6 Å². The van der Waals surface area contributed by atoms with E-state index in [4.69, 9.17) is 9.47 Å². The highest BCUT2D eigenvalue weighted by molar-refractivity contribution is 5.84. The van der Waals surface area contributed by atoms with Gasteiger partial charge in [0.1, 0.15) is 11.5 Å². The van der Waals surface area contributed by atoms with Crippen LogP contribution < -0.4 is 19.8 Å². The van der Waals surface area contributed by atoms with Crippen LogP contribution in [-0.2, 0) is 4.79 Å². The van der Waals surface area contributed by atoms with E-state index in [0.29, 0.717) is 12.2 Å². The summed E-state index contributed by atoms with van der Waals surface area (Å²) in [6, 6.07) is 15.0. The van der Waals surface area contributed by atoms with Crippen molar-refractivity contribution in [2.75, 3.05) is 26.1 Å². The average molecular weight is 369 g/mol. The van der Waals surface area contributed by atoms with Gasteiger partial charge in [-0.15, -0.1) is 0 Å². The molecule has 0 saturated heterocycles. The number of nitrogens with one attached hydrogen (secondary N) is 1. The lowest BCUT2D eigenvalue weighted by Crippen LogP contribution is -2.35. The number of anilines is 1. The molecular formula is C21H27N3O3. The third-order valence-electron chi connectivity index (χ3n) is 3.98. The topological polar surface area (TPSA) is 63.2 Å². The molecule has 144 valence electrons. The molecule has 0 radical (unpaired) electrons. The van der Waals surface area contributed by atoms with E-state index in [1.54, 1.807) is 37.6 Å². The monoisotopic (exact) mass is 369 g/mol. The first-order valence-corrected chi connectivity index (χ1v) is 8.94. The number of hydrogen-bond donors (Lipinski definition) is 1. The van der Waals surface area contributed by atoms with Crippen molar-refractivity contribution >= 4 is 17.8 Å². The van der Waals surface area contributed by atoms with E-state index >= 15 is 0 Å². The molecule has 0 unspecified atom stereocenters. The third kappa shape index (κ3) is 6.33. The summed E-state index contributed by atoms with van der Waals surface area (Å²) in [6.07, 6.45) is 2.44. The van der Waals surface area contributed by atoms with E-state index in [2.05, 4.69) is 10.5 Å². The summed E-state index contributed by atoms with van der Waals surface area (Å²) in [5.74, 6) is 1.09. The van der Waals surface area contributed by atoms with Gasteiger partial charge in [0.25, 0.3) is 5.91 Å². The highest BCUT2D eigenvalue weighted by Crippen LogP contribution is 2.19. The molecule has 0 bridgehead atoms. The van der Waals surface area contributed by atoms with Crippen molar-refractivity contribution in [1.29, 1.82) is 0 Å². The van der Waals surface area contributed by atoms with Crippen LogP contribution in [0.1, 0.15) is 25.3 Å². The first kappa shape index (κ1) is 20.3. The summed E-state index contributed by atoms with van der Waals surface area (Å²) < 4.78 is 10.9. The van der Waals surface area contributed by atoms with E-state index in [1.165, 1.54) is 0 Å². The Bertz CT molecular complexity index is 740. The Labute approximate surface area is 160 Å². The van der Waals surface area contributed by atoms with Crippen LogP contribution in [-0.4, -0.2) is 39.4 Å². The lowest BCUT2D eigenvalue weighted by Gasteiger charge is -2.17. The molecule has 6 nitrogen and oxygen atoms in total. The van der Waals surface area contributed by atoms with Gasteiger partial charge in [0.15, 0.2) is 6.10 Å². The number of methoxy groups -OCH3 is 1. The van der Waals surface area contributed by atoms with Gasteiger partial charge in [-0.3, -0.25) is 4.79 Å². The molecule has 2 rings (SSSR count). The van der Waals surface area contributed by atoms with Crippen LogP contribution in [0.2, 0.25) is 0 Å². The second-order valence-corrected chi connectivity index (χ2v) is 6.29. The molecule has 0 aromatic heterocycles. The number of rotatable bonds is 9. The van der Waals surface area contributed by atoms with E-state index in [-0.39, 0.29) is 5.91 Å². The van der Waals surface area contributed by atoms with Gasteiger partial charge in [-0.25, -0.2) is 5.43 Å². The first-order valence-electron chi connectivity index (χ1n) is 8.94. The second-order valence-electron chi connectivity index (χ2n) is 6.29. The lowest BCUT2D eigenvalue weighted by molar-refractivity contribution is -0.128. The zero-order chi connectivity index (χ0) is 19.6. The molecule has 1 N–H and O–H groups in total. The summed E-state index contributed by atoms with van der Waals surface area (Å²) in [5, 5.41) is 4.05. The Hall–Kier alpha value is -3.02. The third-order valence-corrected chi connectivity index (χ3v) is 3.98.